The Labute approximate surface area is 112 Å². The smallest absolute Gasteiger partial charge is 0.343 e. The van der Waals surface area contributed by atoms with Crippen molar-refractivity contribution in [3.05, 3.63) is 11.8 Å². The fraction of sp³-hybridized carbons (Fsp3) is 0.583. The maximum atomic E-state index is 11.8. The van der Waals surface area contributed by atoms with Crippen LogP contribution in [0.4, 0.5) is 5.82 Å². The molecule has 0 aromatic carbocycles. The van der Waals surface area contributed by atoms with Gasteiger partial charge in [0.25, 0.3) is 0 Å². The van der Waals surface area contributed by atoms with E-state index in [0.717, 1.165) is 6.42 Å². The molecule has 1 unspecified atom stereocenters. The second-order valence-corrected chi connectivity index (χ2v) is 4.57. The van der Waals surface area contributed by atoms with Gasteiger partial charge in [0.1, 0.15) is 11.4 Å². The van der Waals surface area contributed by atoms with Gasteiger partial charge in [0.2, 0.25) is 0 Å². The maximum Gasteiger partial charge on any atom is 0.343 e. The molecule has 1 heterocycles. The van der Waals surface area contributed by atoms with E-state index in [-0.39, 0.29) is 6.04 Å². The van der Waals surface area contributed by atoms with Crippen LogP contribution in [0.25, 0.3) is 0 Å². The van der Waals surface area contributed by atoms with Gasteiger partial charge < -0.3 is 10.1 Å². The van der Waals surface area contributed by atoms with E-state index in [4.69, 9.17) is 4.74 Å². The first kappa shape index (κ1) is 14.8. The lowest BCUT2D eigenvalue weighted by Crippen LogP contribution is -2.19. The van der Waals surface area contributed by atoms with Gasteiger partial charge in [0, 0.05) is 12.2 Å². The molecule has 1 aromatic heterocycles. The number of esters is 1. The maximum absolute atomic E-state index is 11.8. The Bertz CT molecular complexity index is 412. The first-order valence-electron chi connectivity index (χ1n) is 5.97. The Morgan fingerprint density at radius 3 is 2.83 bits per heavy atom. The molecule has 1 rings (SSSR count). The molecule has 1 aromatic rings. The summed E-state index contributed by atoms with van der Waals surface area (Å²) in [5.41, 5.74) is 0.384. The van der Waals surface area contributed by atoms with Gasteiger partial charge in [-0.2, -0.15) is 0 Å². The van der Waals surface area contributed by atoms with Crippen LogP contribution in [0, 0.1) is 0 Å². The van der Waals surface area contributed by atoms with Gasteiger partial charge in [-0.25, -0.2) is 14.8 Å². The van der Waals surface area contributed by atoms with Gasteiger partial charge in [0.15, 0.2) is 5.16 Å². The van der Waals surface area contributed by atoms with Gasteiger partial charge in [-0.05, 0) is 26.5 Å². The van der Waals surface area contributed by atoms with Gasteiger partial charge >= 0.3 is 5.97 Å². The molecule has 0 aliphatic rings. The summed E-state index contributed by atoms with van der Waals surface area (Å²) in [4.78, 5) is 20.2. The van der Waals surface area contributed by atoms with Crippen molar-refractivity contribution in [1.29, 1.82) is 0 Å². The fourth-order valence-corrected chi connectivity index (χ4v) is 1.61. The summed E-state index contributed by atoms with van der Waals surface area (Å²) in [5, 5.41) is 3.84. The number of anilines is 1. The van der Waals surface area contributed by atoms with Crippen LogP contribution in [0.1, 0.15) is 37.6 Å². The van der Waals surface area contributed by atoms with Crippen LogP contribution in [-0.4, -0.2) is 34.8 Å². The molecule has 0 amide bonds. The highest BCUT2D eigenvalue weighted by Crippen LogP contribution is 2.18. The lowest BCUT2D eigenvalue weighted by molar-refractivity contribution is 0.0526. The Morgan fingerprint density at radius 2 is 2.28 bits per heavy atom. The summed E-state index contributed by atoms with van der Waals surface area (Å²) in [7, 11) is 0. The zero-order chi connectivity index (χ0) is 13.5. The number of nitrogens with zero attached hydrogens (tertiary/aromatic N) is 2. The molecular formula is C12H19N3O2S. The quantitative estimate of drug-likeness (QED) is 0.486. The zero-order valence-electron chi connectivity index (χ0n) is 11.2. The molecule has 0 aliphatic heterocycles. The monoisotopic (exact) mass is 269 g/mol. The average molecular weight is 269 g/mol. The molecule has 100 valence electrons. The highest BCUT2D eigenvalue weighted by Gasteiger charge is 2.16. The van der Waals surface area contributed by atoms with E-state index < -0.39 is 5.97 Å². The third-order valence-corrected chi connectivity index (χ3v) is 3.00. The van der Waals surface area contributed by atoms with Gasteiger partial charge in [-0.15, -0.1) is 0 Å². The van der Waals surface area contributed by atoms with E-state index in [1.807, 2.05) is 13.2 Å². The normalized spacial score (nSPS) is 12.0. The van der Waals surface area contributed by atoms with Crippen molar-refractivity contribution < 1.29 is 9.53 Å². The molecule has 6 heteroatoms. The minimum atomic E-state index is -0.393. The molecule has 0 fully saturated rings. The average Bonchev–Trinajstić information content (AvgIpc) is 2.38. The van der Waals surface area contributed by atoms with Crippen LogP contribution in [0.3, 0.4) is 0 Å². The number of carbonyl (C=O) groups excluding carboxylic acids is 1. The van der Waals surface area contributed by atoms with Gasteiger partial charge in [-0.1, -0.05) is 18.7 Å². The van der Waals surface area contributed by atoms with Crippen molar-refractivity contribution in [3.8, 4) is 0 Å². The van der Waals surface area contributed by atoms with Gasteiger partial charge in [-0.3, -0.25) is 0 Å². The Kier molecular flexibility index (Phi) is 5.91. The Hall–Kier alpha value is -1.30. The Morgan fingerprint density at radius 1 is 1.56 bits per heavy atom. The number of nitrogens with one attached hydrogen (secondary N) is 1. The van der Waals surface area contributed by atoms with Crippen molar-refractivity contribution in [1.82, 2.24) is 9.97 Å². The van der Waals surface area contributed by atoms with Crippen molar-refractivity contribution >= 4 is 23.5 Å². The van der Waals surface area contributed by atoms with E-state index >= 15 is 0 Å². The molecule has 18 heavy (non-hydrogen) atoms. The molecular weight excluding hydrogens is 250 g/mol. The predicted molar refractivity (Wildman–Crippen MR) is 73.1 cm³/mol. The van der Waals surface area contributed by atoms with Crippen LogP contribution >= 0.6 is 11.8 Å². The number of hydrogen-bond acceptors (Lipinski definition) is 6. The zero-order valence-corrected chi connectivity index (χ0v) is 12.0. The summed E-state index contributed by atoms with van der Waals surface area (Å²) in [6.45, 7) is 6.22. The summed E-state index contributed by atoms with van der Waals surface area (Å²) >= 11 is 1.44. The number of ether oxygens (including phenoxy) is 1. The summed E-state index contributed by atoms with van der Waals surface area (Å²) in [6.07, 6.45) is 4.36. The molecule has 0 aliphatic carbocycles. The molecule has 1 atom stereocenters. The Balaban J connectivity index is 3.03. The van der Waals surface area contributed by atoms with Crippen LogP contribution in [0.5, 0.6) is 0 Å². The summed E-state index contributed by atoms with van der Waals surface area (Å²) in [5.74, 6) is 0.151. The van der Waals surface area contributed by atoms with Crippen LogP contribution < -0.4 is 5.32 Å². The SMILES string of the molecule is CCOC(=O)c1cnc(SC)nc1NC(C)CC. The first-order chi connectivity index (χ1) is 8.62. The van der Waals surface area contributed by atoms with Crippen molar-refractivity contribution in [2.45, 2.75) is 38.4 Å². The highest BCUT2D eigenvalue weighted by molar-refractivity contribution is 7.98. The van der Waals surface area contributed by atoms with E-state index in [9.17, 15) is 4.79 Å². The molecule has 0 radical (unpaired) electrons. The number of rotatable bonds is 6. The second kappa shape index (κ2) is 7.20. The van der Waals surface area contributed by atoms with Crippen molar-refractivity contribution in [2.24, 2.45) is 0 Å². The van der Waals surface area contributed by atoms with Crippen LogP contribution in [-0.2, 0) is 4.74 Å². The third kappa shape index (κ3) is 3.87. The van der Waals surface area contributed by atoms with Crippen molar-refractivity contribution in [2.75, 3.05) is 18.2 Å². The summed E-state index contributed by atoms with van der Waals surface area (Å²) in [6, 6.07) is 0.239. The van der Waals surface area contributed by atoms with E-state index in [1.165, 1.54) is 18.0 Å². The van der Waals surface area contributed by atoms with Crippen LogP contribution in [0.2, 0.25) is 0 Å². The van der Waals surface area contributed by atoms with Gasteiger partial charge in [0.05, 0.1) is 6.61 Å². The fourth-order valence-electron chi connectivity index (χ4n) is 1.27. The molecule has 5 nitrogen and oxygen atoms in total. The second-order valence-electron chi connectivity index (χ2n) is 3.79. The van der Waals surface area contributed by atoms with E-state index in [2.05, 4.69) is 22.2 Å². The largest absolute Gasteiger partial charge is 0.462 e. The lowest BCUT2D eigenvalue weighted by Gasteiger charge is -2.15. The highest BCUT2D eigenvalue weighted by atomic mass is 32.2. The molecule has 0 saturated carbocycles. The molecule has 0 bridgehead atoms. The number of thioether (sulfide) groups is 1. The first-order valence-corrected chi connectivity index (χ1v) is 7.19. The minimum Gasteiger partial charge on any atom is -0.462 e. The molecule has 0 saturated heterocycles. The number of hydrogen-bond donors (Lipinski definition) is 1. The standard InChI is InChI=1S/C12H19N3O2S/c1-5-8(3)14-10-9(11(16)17-6-2)7-13-12(15-10)18-4/h7-8H,5-6H2,1-4H3,(H,13,14,15). The third-order valence-electron chi connectivity index (χ3n) is 2.44. The molecule has 1 N–H and O–H groups in total. The van der Waals surface area contributed by atoms with E-state index in [0.29, 0.717) is 23.1 Å². The topological polar surface area (TPSA) is 64.1 Å². The van der Waals surface area contributed by atoms with Crippen molar-refractivity contribution in [3.63, 3.8) is 0 Å². The van der Waals surface area contributed by atoms with E-state index in [1.54, 1.807) is 6.92 Å². The van der Waals surface area contributed by atoms with Crippen LogP contribution in [0.15, 0.2) is 11.4 Å². The lowest BCUT2D eigenvalue weighted by atomic mass is 10.2. The number of aromatic nitrogens is 2. The molecule has 0 spiro atoms. The predicted octanol–water partition coefficient (Wildman–Crippen LogP) is 2.59. The minimum absolute atomic E-state index is 0.239. The summed E-state index contributed by atoms with van der Waals surface area (Å²) < 4.78 is 4.99. The number of carbonyl (C=O) groups is 1.